The Morgan fingerprint density at radius 1 is 1.29 bits per heavy atom. The van der Waals surface area contributed by atoms with Crippen molar-refractivity contribution in [1.82, 2.24) is 4.90 Å². The molecule has 0 saturated carbocycles. The zero-order chi connectivity index (χ0) is 15.1. The molecule has 118 valence electrons. The van der Waals surface area contributed by atoms with Crippen LogP contribution in [-0.4, -0.2) is 44.8 Å². The van der Waals surface area contributed by atoms with Gasteiger partial charge in [0.05, 0.1) is 7.11 Å². The molecular formula is C17H28N2O2. The van der Waals surface area contributed by atoms with Crippen molar-refractivity contribution >= 4 is 0 Å². The molecule has 0 bridgehead atoms. The van der Waals surface area contributed by atoms with Gasteiger partial charge in [0.1, 0.15) is 6.61 Å². The summed E-state index contributed by atoms with van der Waals surface area (Å²) in [6.07, 6.45) is 3.41. The number of para-hydroxylation sites is 1. The van der Waals surface area contributed by atoms with E-state index in [4.69, 9.17) is 15.2 Å². The van der Waals surface area contributed by atoms with Gasteiger partial charge in [-0.1, -0.05) is 19.1 Å². The van der Waals surface area contributed by atoms with Gasteiger partial charge in [-0.3, -0.25) is 4.90 Å². The fraction of sp³-hybridized carbons (Fsp3) is 0.647. The number of nitrogens with two attached hydrogens (primary N) is 1. The summed E-state index contributed by atoms with van der Waals surface area (Å²) in [4.78, 5) is 2.48. The Balaban J connectivity index is 1.89. The lowest BCUT2D eigenvalue weighted by Crippen LogP contribution is -2.35. The average molecular weight is 292 g/mol. The van der Waals surface area contributed by atoms with Crippen LogP contribution in [0.5, 0.6) is 11.5 Å². The lowest BCUT2D eigenvalue weighted by molar-refractivity contribution is 0.158. The standard InChI is InChI=1S/C17H28N2O2/c1-14-7-10-19(11-8-14)12-13-21-17-15(6-9-18)4-3-5-16(17)20-2/h3-5,14H,6-13,18H2,1-2H3. The van der Waals surface area contributed by atoms with Gasteiger partial charge in [0.2, 0.25) is 0 Å². The first kappa shape index (κ1) is 16.1. The van der Waals surface area contributed by atoms with Crippen molar-refractivity contribution in [2.24, 2.45) is 11.7 Å². The van der Waals surface area contributed by atoms with Crippen molar-refractivity contribution in [3.8, 4) is 11.5 Å². The van der Waals surface area contributed by atoms with Crippen molar-refractivity contribution in [1.29, 1.82) is 0 Å². The van der Waals surface area contributed by atoms with Crippen LogP contribution in [0.3, 0.4) is 0 Å². The van der Waals surface area contributed by atoms with E-state index in [1.54, 1.807) is 7.11 Å². The molecule has 2 rings (SSSR count). The van der Waals surface area contributed by atoms with Gasteiger partial charge < -0.3 is 15.2 Å². The Bertz CT molecular complexity index is 429. The predicted molar refractivity (Wildman–Crippen MR) is 86.1 cm³/mol. The number of ether oxygens (including phenoxy) is 2. The lowest BCUT2D eigenvalue weighted by atomic mass is 9.99. The highest BCUT2D eigenvalue weighted by atomic mass is 16.5. The second-order valence-corrected chi connectivity index (χ2v) is 5.86. The van der Waals surface area contributed by atoms with Crippen molar-refractivity contribution in [2.45, 2.75) is 26.2 Å². The fourth-order valence-corrected chi connectivity index (χ4v) is 2.80. The molecule has 4 heteroatoms. The highest BCUT2D eigenvalue weighted by Gasteiger charge is 2.16. The highest BCUT2D eigenvalue weighted by molar-refractivity contribution is 5.46. The zero-order valence-electron chi connectivity index (χ0n) is 13.3. The Kier molecular flexibility index (Phi) is 6.33. The van der Waals surface area contributed by atoms with Crippen LogP contribution >= 0.6 is 0 Å². The number of methoxy groups -OCH3 is 1. The molecule has 1 saturated heterocycles. The number of hydrogen-bond donors (Lipinski definition) is 1. The third kappa shape index (κ3) is 4.61. The maximum absolute atomic E-state index is 6.02. The topological polar surface area (TPSA) is 47.7 Å². The maximum Gasteiger partial charge on any atom is 0.164 e. The fourth-order valence-electron chi connectivity index (χ4n) is 2.80. The first-order valence-corrected chi connectivity index (χ1v) is 7.95. The molecule has 0 aliphatic carbocycles. The summed E-state index contributed by atoms with van der Waals surface area (Å²) in [6.45, 7) is 7.01. The van der Waals surface area contributed by atoms with E-state index < -0.39 is 0 Å². The first-order valence-electron chi connectivity index (χ1n) is 7.95. The molecule has 21 heavy (non-hydrogen) atoms. The Morgan fingerprint density at radius 2 is 2.05 bits per heavy atom. The molecule has 1 aliphatic heterocycles. The SMILES string of the molecule is COc1cccc(CCN)c1OCCN1CCC(C)CC1. The minimum atomic E-state index is 0.619. The normalized spacial score (nSPS) is 16.9. The van der Waals surface area contributed by atoms with Gasteiger partial charge in [-0.2, -0.15) is 0 Å². The molecule has 0 unspecified atom stereocenters. The molecule has 1 aliphatic rings. The summed E-state index contributed by atoms with van der Waals surface area (Å²) in [6, 6.07) is 5.99. The smallest absolute Gasteiger partial charge is 0.164 e. The van der Waals surface area contributed by atoms with Crippen LogP contribution in [0, 0.1) is 5.92 Å². The molecule has 2 N–H and O–H groups in total. The van der Waals surface area contributed by atoms with Gasteiger partial charge in [-0.15, -0.1) is 0 Å². The third-order valence-corrected chi connectivity index (χ3v) is 4.22. The summed E-state index contributed by atoms with van der Waals surface area (Å²) in [7, 11) is 1.68. The number of nitrogens with zero attached hydrogens (tertiary/aromatic N) is 1. The first-order chi connectivity index (χ1) is 10.2. The molecule has 4 nitrogen and oxygen atoms in total. The molecule has 0 amide bonds. The highest BCUT2D eigenvalue weighted by Crippen LogP contribution is 2.31. The van der Waals surface area contributed by atoms with E-state index in [0.29, 0.717) is 13.2 Å². The van der Waals surface area contributed by atoms with Crippen molar-refractivity contribution in [2.75, 3.05) is 39.9 Å². The van der Waals surface area contributed by atoms with Gasteiger partial charge in [0.25, 0.3) is 0 Å². The quantitative estimate of drug-likeness (QED) is 0.838. The number of piperidine rings is 1. The van der Waals surface area contributed by atoms with E-state index in [2.05, 4.69) is 17.9 Å². The van der Waals surface area contributed by atoms with Crippen LogP contribution in [0.25, 0.3) is 0 Å². The lowest BCUT2D eigenvalue weighted by Gasteiger charge is -2.30. The van der Waals surface area contributed by atoms with Crippen LogP contribution in [-0.2, 0) is 6.42 Å². The molecule has 0 radical (unpaired) electrons. The van der Waals surface area contributed by atoms with E-state index in [9.17, 15) is 0 Å². The van der Waals surface area contributed by atoms with Gasteiger partial charge in [0.15, 0.2) is 11.5 Å². The van der Waals surface area contributed by atoms with Crippen LogP contribution < -0.4 is 15.2 Å². The average Bonchev–Trinajstić information content (AvgIpc) is 2.50. The second-order valence-electron chi connectivity index (χ2n) is 5.86. The summed E-state index contributed by atoms with van der Waals surface area (Å²) >= 11 is 0. The molecule has 1 aromatic rings. The van der Waals surface area contributed by atoms with E-state index in [-0.39, 0.29) is 0 Å². The summed E-state index contributed by atoms with van der Waals surface area (Å²) in [5.41, 5.74) is 6.80. The monoisotopic (exact) mass is 292 g/mol. The predicted octanol–water partition coefficient (Wildman–Crippen LogP) is 2.31. The van der Waals surface area contributed by atoms with Crippen LogP contribution in [0.4, 0.5) is 0 Å². The maximum atomic E-state index is 6.02. The molecular weight excluding hydrogens is 264 g/mol. The number of benzene rings is 1. The molecule has 1 fully saturated rings. The summed E-state index contributed by atoms with van der Waals surface area (Å²) in [5, 5.41) is 0. The van der Waals surface area contributed by atoms with E-state index in [1.165, 1.54) is 25.9 Å². The molecule has 0 aromatic heterocycles. The molecule has 0 atom stereocenters. The van der Waals surface area contributed by atoms with Crippen LogP contribution in [0.2, 0.25) is 0 Å². The zero-order valence-corrected chi connectivity index (χ0v) is 13.3. The third-order valence-electron chi connectivity index (χ3n) is 4.22. The Hall–Kier alpha value is -1.26. The van der Waals surface area contributed by atoms with Gasteiger partial charge in [0, 0.05) is 6.54 Å². The van der Waals surface area contributed by atoms with Gasteiger partial charge in [-0.25, -0.2) is 0 Å². The van der Waals surface area contributed by atoms with Crippen molar-refractivity contribution in [3.05, 3.63) is 23.8 Å². The molecule has 1 aromatic carbocycles. The summed E-state index contributed by atoms with van der Waals surface area (Å²) < 4.78 is 11.4. The summed E-state index contributed by atoms with van der Waals surface area (Å²) in [5.74, 6) is 2.52. The van der Waals surface area contributed by atoms with Crippen LogP contribution in [0.15, 0.2) is 18.2 Å². The van der Waals surface area contributed by atoms with E-state index in [1.807, 2.05) is 12.1 Å². The largest absolute Gasteiger partial charge is 0.493 e. The Morgan fingerprint density at radius 3 is 2.71 bits per heavy atom. The minimum absolute atomic E-state index is 0.619. The number of likely N-dealkylation sites (tertiary alicyclic amines) is 1. The minimum Gasteiger partial charge on any atom is -0.493 e. The second kappa shape index (κ2) is 8.25. The Labute approximate surface area is 128 Å². The van der Waals surface area contributed by atoms with Crippen LogP contribution in [0.1, 0.15) is 25.3 Å². The van der Waals surface area contributed by atoms with Crippen molar-refractivity contribution in [3.63, 3.8) is 0 Å². The van der Waals surface area contributed by atoms with E-state index in [0.717, 1.165) is 35.9 Å². The molecule has 1 heterocycles. The van der Waals surface area contributed by atoms with Crippen molar-refractivity contribution < 1.29 is 9.47 Å². The number of hydrogen-bond acceptors (Lipinski definition) is 4. The number of rotatable bonds is 7. The molecule has 0 spiro atoms. The van der Waals surface area contributed by atoms with Gasteiger partial charge >= 0.3 is 0 Å². The van der Waals surface area contributed by atoms with E-state index >= 15 is 0 Å². The van der Waals surface area contributed by atoms with Gasteiger partial charge in [-0.05, 0) is 56.4 Å².